The van der Waals surface area contributed by atoms with Crippen molar-refractivity contribution < 1.29 is 4.79 Å². The van der Waals surface area contributed by atoms with Gasteiger partial charge >= 0.3 is 0 Å². The maximum atomic E-state index is 11.9. The van der Waals surface area contributed by atoms with E-state index in [1.54, 1.807) is 0 Å². The number of anilines is 1. The fourth-order valence-corrected chi connectivity index (χ4v) is 3.37. The molecule has 0 unspecified atom stereocenters. The number of aromatic nitrogens is 1. The predicted octanol–water partition coefficient (Wildman–Crippen LogP) is 4.17. The lowest BCUT2D eigenvalue weighted by molar-refractivity contribution is 0.102. The first-order valence-corrected chi connectivity index (χ1v) is 7.75. The van der Waals surface area contributed by atoms with E-state index < -0.39 is 0 Å². The van der Waals surface area contributed by atoms with Crippen LogP contribution in [0.25, 0.3) is 10.2 Å². The zero-order chi connectivity index (χ0) is 13.2. The van der Waals surface area contributed by atoms with Gasteiger partial charge in [-0.25, -0.2) is 4.98 Å². The first kappa shape index (κ1) is 12.3. The lowest BCUT2D eigenvalue weighted by Gasteiger charge is -1.97. The maximum Gasteiger partial charge on any atom is 0.258 e. The Morgan fingerprint density at radius 1 is 1.37 bits per heavy atom. The van der Waals surface area contributed by atoms with Crippen LogP contribution in [-0.4, -0.2) is 10.9 Å². The summed E-state index contributed by atoms with van der Waals surface area (Å²) >= 11 is 3.02. The lowest BCUT2D eigenvalue weighted by atomic mass is 10.2. The van der Waals surface area contributed by atoms with Gasteiger partial charge < -0.3 is 0 Å². The van der Waals surface area contributed by atoms with Crippen LogP contribution < -0.4 is 5.32 Å². The van der Waals surface area contributed by atoms with Crippen LogP contribution in [0.15, 0.2) is 35.0 Å². The van der Waals surface area contributed by atoms with Gasteiger partial charge in [-0.05, 0) is 35.6 Å². The molecule has 0 aliphatic rings. The monoisotopic (exact) mass is 288 g/mol. The van der Waals surface area contributed by atoms with E-state index in [1.165, 1.54) is 28.2 Å². The summed E-state index contributed by atoms with van der Waals surface area (Å²) in [6, 6.07) is 8.02. The van der Waals surface area contributed by atoms with Crippen LogP contribution in [0.4, 0.5) is 5.13 Å². The van der Waals surface area contributed by atoms with Crippen molar-refractivity contribution in [2.45, 2.75) is 13.3 Å². The van der Waals surface area contributed by atoms with Gasteiger partial charge in [0.2, 0.25) is 0 Å². The second kappa shape index (κ2) is 5.11. The number of carbonyl (C=O) groups excluding carboxylic acids is 1. The second-order valence-electron chi connectivity index (χ2n) is 4.14. The molecule has 0 spiro atoms. The number of nitrogens with zero attached hydrogens (tertiary/aromatic N) is 1. The molecule has 3 rings (SSSR count). The van der Waals surface area contributed by atoms with Crippen molar-refractivity contribution in [1.29, 1.82) is 0 Å². The van der Waals surface area contributed by atoms with Gasteiger partial charge in [-0.15, -0.1) is 0 Å². The van der Waals surface area contributed by atoms with E-state index in [1.807, 2.05) is 22.9 Å². The van der Waals surface area contributed by atoms with E-state index in [-0.39, 0.29) is 5.91 Å². The maximum absolute atomic E-state index is 11.9. The molecule has 19 heavy (non-hydrogen) atoms. The van der Waals surface area contributed by atoms with Crippen LogP contribution in [0.5, 0.6) is 0 Å². The molecule has 0 aliphatic heterocycles. The molecule has 1 N–H and O–H groups in total. The molecule has 0 fully saturated rings. The van der Waals surface area contributed by atoms with Crippen LogP contribution in [-0.2, 0) is 6.42 Å². The zero-order valence-electron chi connectivity index (χ0n) is 10.3. The first-order chi connectivity index (χ1) is 9.26. The van der Waals surface area contributed by atoms with Crippen molar-refractivity contribution in [3.63, 3.8) is 0 Å². The number of fused-ring (bicyclic) bond motifs is 1. The summed E-state index contributed by atoms with van der Waals surface area (Å²) in [6.45, 7) is 2.13. The molecule has 0 bridgehead atoms. The average molecular weight is 288 g/mol. The molecule has 5 heteroatoms. The first-order valence-electron chi connectivity index (χ1n) is 5.99. The molecular formula is C14H12N2OS2. The van der Waals surface area contributed by atoms with Crippen molar-refractivity contribution in [3.05, 3.63) is 46.2 Å². The molecule has 3 nitrogen and oxygen atoms in total. The molecule has 1 aromatic carbocycles. The van der Waals surface area contributed by atoms with E-state index in [9.17, 15) is 4.79 Å². The highest BCUT2D eigenvalue weighted by Gasteiger charge is 2.10. The Kier molecular flexibility index (Phi) is 3.31. The highest BCUT2D eigenvalue weighted by Crippen LogP contribution is 2.27. The van der Waals surface area contributed by atoms with E-state index >= 15 is 0 Å². The van der Waals surface area contributed by atoms with Gasteiger partial charge in [-0.1, -0.05) is 24.3 Å². The Morgan fingerprint density at radius 2 is 2.26 bits per heavy atom. The van der Waals surface area contributed by atoms with Gasteiger partial charge in [0.15, 0.2) is 5.13 Å². The van der Waals surface area contributed by atoms with Gasteiger partial charge in [0.05, 0.1) is 15.8 Å². The fraction of sp³-hybridized carbons (Fsp3) is 0.143. The van der Waals surface area contributed by atoms with Gasteiger partial charge in [-0.3, -0.25) is 10.1 Å². The SMILES string of the molecule is CCc1ccc2nc(NC(=O)c3ccsc3)sc2c1. The smallest absolute Gasteiger partial charge is 0.258 e. The average Bonchev–Trinajstić information content (AvgIpc) is 3.06. The quantitative estimate of drug-likeness (QED) is 0.786. The standard InChI is InChI=1S/C14H12N2OS2/c1-2-9-3-4-11-12(7-9)19-14(15-11)16-13(17)10-5-6-18-8-10/h3-8H,2H2,1H3,(H,15,16,17). The summed E-state index contributed by atoms with van der Waals surface area (Å²) < 4.78 is 1.11. The third-order valence-corrected chi connectivity index (χ3v) is 4.48. The number of amides is 1. The summed E-state index contributed by atoms with van der Waals surface area (Å²) in [5.74, 6) is -0.101. The van der Waals surface area contributed by atoms with E-state index in [0.29, 0.717) is 10.7 Å². The molecule has 2 aromatic heterocycles. The molecule has 3 aromatic rings. The molecule has 1 amide bonds. The van der Waals surface area contributed by atoms with E-state index in [0.717, 1.165) is 16.6 Å². The predicted molar refractivity (Wildman–Crippen MR) is 81.3 cm³/mol. The number of nitrogens with one attached hydrogen (secondary N) is 1. The Morgan fingerprint density at radius 3 is 3.00 bits per heavy atom. The van der Waals surface area contributed by atoms with Crippen LogP contribution in [0.3, 0.4) is 0 Å². The van der Waals surface area contributed by atoms with Crippen molar-refractivity contribution in [3.8, 4) is 0 Å². The number of thiazole rings is 1. The minimum atomic E-state index is -0.101. The summed E-state index contributed by atoms with van der Waals surface area (Å²) in [6.07, 6.45) is 1.00. The molecule has 0 saturated carbocycles. The Balaban J connectivity index is 1.87. The molecule has 0 aliphatic carbocycles. The molecular weight excluding hydrogens is 276 g/mol. The van der Waals surface area contributed by atoms with Crippen molar-refractivity contribution in [1.82, 2.24) is 4.98 Å². The topological polar surface area (TPSA) is 42.0 Å². The third kappa shape index (κ3) is 2.52. The molecule has 0 radical (unpaired) electrons. The number of hydrogen-bond donors (Lipinski definition) is 1. The highest BCUT2D eigenvalue weighted by atomic mass is 32.1. The van der Waals surface area contributed by atoms with Crippen LogP contribution in [0, 0.1) is 0 Å². The summed E-state index contributed by atoms with van der Waals surface area (Å²) in [4.78, 5) is 16.4. The fourth-order valence-electron chi connectivity index (χ4n) is 1.81. The third-order valence-electron chi connectivity index (χ3n) is 2.86. The van der Waals surface area contributed by atoms with Crippen molar-refractivity contribution in [2.24, 2.45) is 0 Å². The van der Waals surface area contributed by atoms with Gasteiger partial charge in [0, 0.05) is 5.38 Å². The largest absolute Gasteiger partial charge is 0.298 e. The number of rotatable bonds is 3. The number of aryl methyl sites for hydroxylation is 1. The molecule has 0 atom stereocenters. The second-order valence-corrected chi connectivity index (χ2v) is 5.95. The van der Waals surface area contributed by atoms with Crippen molar-refractivity contribution in [2.75, 3.05) is 5.32 Å². The van der Waals surface area contributed by atoms with Crippen LogP contribution in [0.1, 0.15) is 22.8 Å². The highest BCUT2D eigenvalue weighted by molar-refractivity contribution is 7.22. The lowest BCUT2D eigenvalue weighted by Crippen LogP contribution is -2.10. The Bertz CT molecular complexity index is 716. The van der Waals surface area contributed by atoms with Gasteiger partial charge in [0.1, 0.15) is 0 Å². The van der Waals surface area contributed by atoms with Crippen LogP contribution in [0.2, 0.25) is 0 Å². The normalized spacial score (nSPS) is 10.8. The van der Waals surface area contributed by atoms with Gasteiger partial charge in [-0.2, -0.15) is 11.3 Å². The molecule has 0 saturated heterocycles. The van der Waals surface area contributed by atoms with Crippen LogP contribution >= 0.6 is 22.7 Å². The summed E-state index contributed by atoms with van der Waals surface area (Å²) in [7, 11) is 0. The Hall–Kier alpha value is -1.72. The molecule has 2 heterocycles. The minimum Gasteiger partial charge on any atom is -0.298 e. The Labute approximate surface area is 118 Å². The van der Waals surface area contributed by atoms with E-state index in [2.05, 4.69) is 29.4 Å². The number of carbonyl (C=O) groups is 1. The summed E-state index contributed by atoms with van der Waals surface area (Å²) in [5, 5.41) is 7.22. The number of benzene rings is 1. The van der Waals surface area contributed by atoms with Crippen molar-refractivity contribution >= 4 is 43.9 Å². The van der Waals surface area contributed by atoms with E-state index in [4.69, 9.17) is 0 Å². The zero-order valence-corrected chi connectivity index (χ0v) is 12.0. The van der Waals surface area contributed by atoms with Gasteiger partial charge in [0.25, 0.3) is 5.91 Å². The summed E-state index contributed by atoms with van der Waals surface area (Å²) in [5.41, 5.74) is 2.90. The number of hydrogen-bond acceptors (Lipinski definition) is 4. The minimum absolute atomic E-state index is 0.101. The number of thiophene rings is 1. The molecule has 96 valence electrons.